The third-order valence-electron chi connectivity index (χ3n) is 2.68. The second-order valence-corrected chi connectivity index (χ2v) is 4.37. The Kier molecular flexibility index (Phi) is 3.74. The number of carbonyl (C=O) groups is 1. The summed E-state index contributed by atoms with van der Waals surface area (Å²) in [6, 6.07) is 1.66. The molecule has 86 valence electrons. The minimum atomic E-state index is 0.00333. The van der Waals surface area contributed by atoms with Gasteiger partial charge >= 0.3 is 0 Å². The number of aromatic nitrogens is 1. The average molecular weight is 240 g/mol. The van der Waals surface area contributed by atoms with Crippen molar-refractivity contribution < 1.29 is 4.79 Å². The Labute approximate surface area is 99.4 Å². The van der Waals surface area contributed by atoms with Gasteiger partial charge in [0.15, 0.2) is 0 Å². The average Bonchev–Trinajstić information content (AvgIpc) is 2.74. The lowest BCUT2D eigenvalue weighted by Gasteiger charge is -2.09. The van der Waals surface area contributed by atoms with Gasteiger partial charge in [0, 0.05) is 12.6 Å². The van der Waals surface area contributed by atoms with Gasteiger partial charge in [0.05, 0.1) is 16.9 Å². The van der Waals surface area contributed by atoms with E-state index in [1.807, 2.05) is 0 Å². The lowest BCUT2D eigenvalue weighted by Crippen LogP contribution is -2.18. The fraction of sp³-hybridized carbons (Fsp3) is 0.455. The molecule has 1 unspecified atom stereocenters. The quantitative estimate of drug-likeness (QED) is 0.844. The first-order chi connectivity index (χ1) is 7.75. The molecule has 1 aliphatic rings. The van der Waals surface area contributed by atoms with Crippen molar-refractivity contribution in [1.29, 1.82) is 0 Å². The first-order valence-electron chi connectivity index (χ1n) is 5.36. The van der Waals surface area contributed by atoms with Crippen molar-refractivity contribution in [2.45, 2.75) is 12.8 Å². The predicted molar refractivity (Wildman–Crippen MR) is 63.5 cm³/mol. The van der Waals surface area contributed by atoms with Gasteiger partial charge in [0.1, 0.15) is 0 Å². The smallest absolute Gasteiger partial charge is 0.224 e. The maximum Gasteiger partial charge on any atom is 0.224 e. The molecule has 0 radical (unpaired) electrons. The summed E-state index contributed by atoms with van der Waals surface area (Å²) in [7, 11) is 0. The number of halogens is 1. The van der Waals surface area contributed by atoms with Crippen LogP contribution < -0.4 is 10.6 Å². The van der Waals surface area contributed by atoms with Gasteiger partial charge in [-0.2, -0.15) is 0 Å². The minimum absolute atomic E-state index is 0.00333. The summed E-state index contributed by atoms with van der Waals surface area (Å²) in [5.74, 6) is 0.444. The van der Waals surface area contributed by atoms with Crippen LogP contribution in [0.15, 0.2) is 18.5 Å². The molecule has 1 amide bonds. The molecule has 2 rings (SSSR count). The Balaban J connectivity index is 1.89. The zero-order chi connectivity index (χ0) is 11.4. The van der Waals surface area contributed by atoms with Gasteiger partial charge in [-0.25, -0.2) is 0 Å². The van der Waals surface area contributed by atoms with E-state index in [2.05, 4.69) is 15.6 Å². The van der Waals surface area contributed by atoms with E-state index in [0.29, 0.717) is 23.0 Å². The summed E-state index contributed by atoms with van der Waals surface area (Å²) in [6.07, 6.45) is 4.76. The number of nitrogens with one attached hydrogen (secondary N) is 2. The van der Waals surface area contributed by atoms with Crippen molar-refractivity contribution in [3.63, 3.8) is 0 Å². The van der Waals surface area contributed by atoms with Crippen LogP contribution in [0.1, 0.15) is 12.8 Å². The Morgan fingerprint density at radius 2 is 2.56 bits per heavy atom. The van der Waals surface area contributed by atoms with E-state index in [1.165, 1.54) is 0 Å². The number of amides is 1. The van der Waals surface area contributed by atoms with E-state index in [9.17, 15) is 4.79 Å². The summed E-state index contributed by atoms with van der Waals surface area (Å²) < 4.78 is 0. The van der Waals surface area contributed by atoms with Crippen LogP contribution in [-0.2, 0) is 4.79 Å². The summed E-state index contributed by atoms with van der Waals surface area (Å²) in [6.45, 7) is 1.93. The van der Waals surface area contributed by atoms with E-state index in [4.69, 9.17) is 11.6 Å². The SMILES string of the molecule is O=C(CC1CCNC1)Nc1cnccc1Cl. The van der Waals surface area contributed by atoms with Crippen molar-refractivity contribution in [2.75, 3.05) is 18.4 Å². The highest BCUT2D eigenvalue weighted by atomic mass is 35.5. The van der Waals surface area contributed by atoms with Crippen molar-refractivity contribution in [3.05, 3.63) is 23.5 Å². The number of pyridine rings is 1. The monoisotopic (exact) mass is 239 g/mol. The van der Waals surface area contributed by atoms with E-state index < -0.39 is 0 Å². The summed E-state index contributed by atoms with van der Waals surface area (Å²) >= 11 is 5.92. The number of hydrogen-bond acceptors (Lipinski definition) is 3. The summed E-state index contributed by atoms with van der Waals surface area (Å²) in [5.41, 5.74) is 0.583. The maximum absolute atomic E-state index is 11.7. The van der Waals surface area contributed by atoms with Crippen LogP contribution in [0.25, 0.3) is 0 Å². The first-order valence-corrected chi connectivity index (χ1v) is 5.73. The molecular weight excluding hydrogens is 226 g/mol. The number of rotatable bonds is 3. The molecule has 1 aliphatic heterocycles. The predicted octanol–water partition coefficient (Wildman–Crippen LogP) is 1.67. The summed E-state index contributed by atoms with van der Waals surface area (Å²) in [5, 5.41) is 6.53. The standard InChI is InChI=1S/C11H14ClN3O/c12-9-2-4-14-7-10(9)15-11(16)5-8-1-3-13-6-8/h2,4,7-8,13H,1,3,5-6H2,(H,15,16). The van der Waals surface area contributed by atoms with E-state index in [-0.39, 0.29) is 5.91 Å². The van der Waals surface area contributed by atoms with Crippen LogP contribution in [0, 0.1) is 5.92 Å². The zero-order valence-electron chi connectivity index (χ0n) is 8.87. The van der Waals surface area contributed by atoms with Gasteiger partial charge in [-0.3, -0.25) is 9.78 Å². The van der Waals surface area contributed by atoms with Gasteiger partial charge in [0.25, 0.3) is 0 Å². The molecule has 2 heterocycles. The van der Waals surface area contributed by atoms with Crippen LogP contribution in [0.4, 0.5) is 5.69 Å². The van der Waals surface area contributed by atoms with Crippen LogP contribution in [0.5, 0.6) is 0 Å². The molecule has 1 aromatic rings. The van der Waals surface area contributed by atoms with Gasteiger partial charge in [-0.1, -0.05) is 11.6 Å². The molecule has 1 atom stereocenters. The zero-order valence-corrected chi connectivity index (χ0v) is 9.63. The molecule has 0 aromatic carbocycles. The van der Waals surface area contributed by atoms with Crippen molar-refractivity contribution in [3.8, 4) is 0 Å². The third kappa shape index (κ3) is 2.93. The van der Waals surface area contributed by atoms with Gasteiger partial charge < -0.3 is 10.6 Å². The number of hydrogen-bond donors (Lipinski definition) is 2. The fourth-order valence-electron chi connectivity index (χ4n) is 1.82. The number of nitrogens with zero attached hydrogens (tertiary/aromatic N) is 1. The molecule has 1 fully saturated rings. The second kappa shape index (κ2) is 5.27. The Morgan fingerprint density at radius 1 is 1.69 bits per heavy atom. The van der Waals surface area contributed by atoms with Crippen LogP contribution in [-0.4, -0.2) is 24.0 Å². The molecule has 5 heteroatoms. The van der Waals surface area contributed by atoms with E-state index >= 15 is 0 Å². The van der Waals surface area contributed by atoms with Crippen molar-refractivity contribution in [2.24, 2.45) is 5.92 Å². The Morgan fingerprint density at radius 3 is 3.25 bits per heavy atom. The van der Waals surface area contributed by atoms with E-state index in [1.54, 1.807) is 18.5 Å². The molecule has 4 nitrogen and oxygen atoms in total. The normalized spacial score (nSPS) is 19.7. The molecule has 0 bridgehead atoms. The molecule has 0 saturated carbocycles. The Hall–Kier alpha value is -1.13. The van der Waals surface area contributed by atoms with E-state index in [0.717, 1.165) is 19.5 Å². The minimum Gasteiger partial charge on any atom is -0.323 e. The highest BCUT2D eigenvalue weighted by Crippen LogP contribution is 2.20. The van der Waals surface area contributed by atoms with Crippen LogP contribution >= 0.6 is 11.6 Å². The fourth-order valence-corrected chi connectivity index (χ4v) is 1.97. The molecule has 0 aliphatic carbocycles. The Bertz CT molecular complexity index is 377. The third-order valence-corrected chi connectivity index (χ3v) is 3.01. The van der Waals surface area contributed by atoms with Crippen molar-refractivity contribution >= 4 is 23.2 Å². The van der Waals surface area contributed by atoms with Crippen molar-refractivity contribution in [1.82, 2.24) is 10.3 Å². The number of carbonyl (C=O) groups excluding carboxylic acids is 1. The molecular formula is C11H14ClN3O. The summed E-state index contributed by atoms with van der Waals surface area (Å²) in [4.78, 5) is 15.6. The second-order valence-electron chi connectivity index (χ2n) is 3.97. The van der Waals surface area contributed by atoms with Crippen LogP contribution in [0.3, 0.4) is 0 Å². The molecule has 16 heavy (non-hydrogen) atoms. The van der Waals surface area contributed by atoms with Gasteiger partial charge in [-0.15, -0.1) is 0 Å². The topological polar surface area (TPSA) is 54.0 Å². The lowest BCUT2D eigenvalue weighted by atomic mass is 10.0. The molecule has 1 saturated heterocycles. The molecule has 0 spiro atoms. The van der Waals surface area contributed by atoms with Gasteiger partial charge in [-0.05, 0) is 31.5 Å². The van der Waals surface area contributed by atoms with Gasteiger partial charge in [0.2, 0.25) is 5.91 Å². The highest BCUT2D eigenvalue weighted by molar-refractivity contribution is 6.33. The number of anilines is 1. The molecule has 1 aromatic heterocycles. The first kappa shape index (κ1) is 11.4. The van der Waals surface area contributed by atoms with Crippen LogP contribution in [0.2, 0.25) is 5.02 Å². The maximum atomic E-state index is 11.7. The lowest BCUT2D eigenvalue weighted by molar-refractivity contribution is -0.116. The highest BCUT2D eigenvalue weighted by Gasteiger charge is 2.18. The largest absolute Gasteiger partial charge is 0.323 e. The molecule has 2 N–H and O–H groups in total.